The first kappa shape index (κ1) is 75.2. The maximum atomic E-state index is 13.4. The first-order chi connectivity index (χ1) is 31.1. The second-order valence-corrected chi connectivity index (χ2v) is 85.3. The molecule has 2 heterocycles. The minimum Gasteiger partial charge on any atom is -1.00 e. The minimum absolute atomic E-state index is 0. The van der Waals surface area contributed by atoms with E-state index in [9.17, 15) is 30.8 Å². The summed E-state index contributed by atoms with van der Waals surface area (Å²) in [6.45, 7) is 2.95. The molecule has 7 N–H and O–H groups in total. The number of hydrogen-bond acceptors (Lipinski definition) is 13. The predicted molar refractivity (Wildman–Crippen MR) is 333 cm³/mol. The molecule has 0 amide bonds. The Balaban J connectivity index is -0.000000820. The summed E-state index contributed by atoms with van der Waals surface area (Å²) in [5.41, 5.74) is 10.1. The molecule has 0 aliphatic carbocycles. The zero-order valence-electron chi connectivity index (χ0n) is 37.7. The molecule has 2 aromatic rings. The van der Waals surface area contributed by atoms with E-state index in [1.807, 2.05) is 0 Å². The molecule has 13 nitrogen and oxygen atoms in total. The SMILES string of the molecule is COc1c(F)cc(B(O)O)cc1F.CS(=O)(=O)O[C@H]1CCOC1.N=C(Br)/C=C\N.NC(=CC=N[C@@H]1CCOC1)c1cc(F)c(C=O)c(F)c1.PP(P)P(P(P)P)P(P(P)P)P(P(P)P)P(P)P.[H-].[Na+]. The quantitative estimate of drug-likeness (QED) is 0.0266. The van der Waals surface area contributed by atoms with Gasteiger partial charge in [0.1, 0.15) is 17.7 Å². The van der Waals surface area contributed by atoms with Gasteiger partial charge in [-0.15, -0.1) is 89.3 Å². The summed E-state index contributed by atoms with van der Waals surface area (Å²) in [4.78, 5) is 14.7. The summed E-state index contributed by atoms with van der Waals surface area (Å²) in [5.74, 6) is -4.35. The van der Waals surface area contributed by atoms with Crippen molar-refractivity contribution < 1.29 is 90.2 Å². The third-order valence-corrected chi connectivity index (χ3v) is 116. The molecule has 39 heteroatoms. The number of rotatable bonds is 16. The fourth-order valence-corrected chi connectivity index (χ4v) is 215. The molecule has 68 heavy (non-hydrogen) atoms. The normalized spacial score (nSPS) is 16.1. The Morgan fingerprint density at radius 3 is 1.63 bits per heavy atom. The molecule has 2 saturated heterocycles. The molecule has 382 valence electrons. The monoisotopic (exact) mass is 1380 g/mol. The van der Waals surface area contributed by atoms with Gasteiger partial charge in [-0.05, 0) is 126 Å². The van der Waals surface area contributed by atoms with E-state index in [2.05, 4.69) is 119 Å². The number of nitrogens with one attached hydrogen (secondary N) is 1. The van der Waals surface area contributed by atoms with Crippen molar-refractivity contribution in [1.29, 1.82) is 5.41 Å². The average Bonchev–Trinajstić information content (AvgIpc) is 3.92. The van der Waals surface area contributed by atoms with Gasteiger partial charge in [-0.2, -0.15) is 8.42 Å². The molecule has 0 radical (unpaired) electrons. The van der Waals surface area contributed by atoms with E-state index in [1.165, 1.54) is 24.6 Å². The predicted octanol–water partition coefficient (Wildman–Crippen LogP) is 9.44. The van der Waals surface area contributed by atoms with Crippen LogP contribution in [0.15, 0.2) is 47.6 Å². The Morgan fingerprint density at radius 1 is 0.868 bits per heavy atom. The Morgan fingerprint density at radius 2 is 1.32 bits per heavy atom. The number of allylic oxidation sites excluding steroid dienone is 2. The van der Waals surface area contributed by atoms with Gasteiger partial charge in [0, 0.05) is 37.1 Å². The van der Waals surface area contributed by atoms with Gasteiger partial charge in [0.15, 0.2) is 23.7 Å². The number of aldehydes is 1. The number of carbonyl (C=O) groups is 1. The van der Waals surface area contributed by atoms with Gasteiger partial charge in [0.25, 0.3) is 10.1 Å². The van der Waals surface area contributed by atoms with Gasteiger partial charge in [-0.1, -0.05) is 0 Å². The first-order valence-electron chi connectivity index (χ1n) is 18.0. The third-order valence-electron chi connectivity index (χ3n) is 7.30. The topological polar surface area (TPSA) is 217 Å². The van der Waals surface area contributed by atoms with Crippen molar-refractivity contribution in [2.24, 2.45) is 16.5 Å². The van der Waals surface area contributed by atoms with E-state index < -0.39 is 51.8 Å². The molecule has 0 bridgehead atoms. The number of benzene rings is 2. The molecule has 0 saturated carbocycles. The van der Waals surface area contributed by atoms with Crippen LogP contribution in [0.25, 0.3) is 5.70 Å². The Labute approximate surface area is 461 Å². The van der Waals surface area contributed by atoms with Gasteiger partial charge in [-0.25, -0.2) is 17.6 Å². The molecule has 12 atom stereocenters. The summed E-state index contributed by atoms with van der Waals surface area (Å²) < 4.78 is 93.1. The number of nitrogens with zero attached hydrogens (tertiary/aromatic N) is 1. The van der Waals surface area contributed by atoms with E-state index in [4.69, 9.17) is 36.4 Å². The number of aliphatic imine (C=N–C) groups is 1. The Bertz CT molecular complexity index is 1970. The fraction of sp³-hybridized carbons (Fsp3) is 0.345. The standard InChI is InChI=1S/C14H14F2N2O2.C7H7BF2O3.C5H10O4S.C3H5BrN2.Na.H20P18.H/c15-12-5-9(6-13(16)11(12)7-19)14(17)1-3-18-10-2-4-20-8-10;1-13-7-5(9)2-4(8(11)12)3-6(7)10;1-10(6,7)9-5-2-3-8-4-5;4-3(6)1-2-5;;1-11(2)16(12(3)4)18(15(9)10)17(13(5)6)14(7)8;/h1,3,5-7,10H,2,4,8,17H2;2-3,11-12H,1H3;5H,2-4H2,1H3;1-2,6H,5H2;;1-10H2;/q;;;;+1;;-1/b;;;2-1-,6-3?;;;/t10-;;5-;;;;/m1.0..../s1. The molecule has 0 aromatic heterocycles. The van der Waals surface area contributed by atoms with Crippen LogP contribution in [0.3, 0.4) is 0 Å². The van der Waals surface area contributed by atoms with Gasteiger partial charge in [-0.3, -0.25) is 19.4 Å². The molecular weight excluding hydrogens is 1330 g/mol. The van der Waals surface area contributed by atoms with Gasteiger partial charge < -0.3 is 37.2 Å². The van der Waals surface area contributed by atoms with E-state index >= 15 is 0 Å². The van der Waals surface area contributed by atoms with Crippen molar-refractivity contribution >= 4 is 207 Å². The maximum absolute atomic E-state index is 13.4. The van der Waals surface area contributed by atoms with Crippen LogP contribution in [0.2, 0.25) is 0 Å². The maximum Gasteiger partial charge on any atom is 1.00 e. The number of halogens is 5. The summed E-state index contributed by atoms with van der Waals surface area (Å²) in [6, 6.07) is 3.74. The van der Waals surface area contributed by atoms with Crippen molar-refractivity contribution in [3.8, 4) is 5.75 Å². The van der Waals surface area contributed by atoms with Crippen LogP contribution in [0.1, 0.15) is 30.2 Å². The Kier molecular flexibility index (Phi) is 45.5. The number of nitrogens with two attached hydrogens (primary N) is 2. The molecule has 2 aliphatic heterocycles. The number of carbonyl (C=O) groups excluding carboxylic acids is 1. The van der Waals surface area contributed by atoms with Gasteiger partial charge in [0.05, 0.1) is 42.8 Å². The van der Waals surface area contributed by atoms with Crippen molar-refractivity contribution in [3.63, 3.8) is 0 Å². The van der Waals surface area contributed by atoms with Crippen LogP contribution in [-0.2, 0) is 23.8 Å². The number of hydrogen-bond donors (Lipinski definition) is 5. The first-order valence-corrected chi connectivity index (χ1v) is 52.5. The van der Waals surface area contributed by atoms with Crippen LogP contribution in [0.4, 0.5) is 17.6 Å². The van der Waals surface area contributed by atoms with Crippen molar-refractivity contribution in [3.05, 3.63) is 77.0 Å². The third kappa shape index (κ3) is 31.6. The molecule has 2 aliphatic rings. The molecule has 4 rings (SSSR count). The van der Waals surface area contributed by atoms with E-state index in [-0.39, 0.29) is 122 Å². The van der Waals surface area contributed by atoms with E-state index in [1.54, 1.807) is 0 Å². The van der Waals surface area contributed by atoms with Crippen LogP contribution in [0, 0.1) is 28.7 Å². The molecular formula is C29H57BBrF4N4NaO9P18S. The zero-order chi connectivity index (χ0) is 51.8. The second kappa shape index (κ2) is 41.1. The molecule has 2 aromatic carbocycles. The number of ether oxygens (including phenoxy) is 3. The molecule has 2 fully saturated rings. The second-order valence-electron chi connectivity index (χ2n) is 12.5. The van der Waals surface area contributed by atoms with Gasteiger partial charge in [0.2, 0.25) is 0 Å². The zero-order valence-corrected chi connectivity index (χ0v) is 59.8. The van der Waals surface area contributed by atoms with Crippen LogP contribution < -0.4 is 51.2 Å². The Hall–Kier alpha value is 5.08. The summed E-state index contributed by atoms with van der Waals surface area (Å²) >= 11 is 2.85. The summed E-state index contributed by atoms with van der Waals surface area (Å²) in [7, 11) is 27.2. The fourth-order valence-electron chi connectivity index (χ4n) is 4.55. The summed E-state index contributed by atoms with van der Waals surface area (Å²) in [6.07, 6.45) is 8.16. The number of methoxy groups -OCH3 is 1. The minimum atomic E-state index is -3.29. The largest absolute Gasteiger partial charge is 1.00 e. The molecule has 10 unspecified atom stereocenters. The van der Waals surface area contributed by atoms with Crippen LogP contribution in [-0.4, -0.2) is 94.6 Å². The smallest absolute Gasteiger partial charge is 1.00 e. The van der Waals surface area contributed by atoms with Crippen LogP contribution >= 0.6 is 161 Å². The van der Waals surface area contributed by atoms with Crippen molar-refractivity contribution in [2.75, 3.05) is 39.8 Å². The van der Waals surface area contributed by atoms with Crippen molar-refractivity contribution in [2.45, 2.75) is 25.0 Å². The average molecular weight is 1390 g/mol. The summed E-state index contributed by atoms with van der Waals surface area (Å²) in [5, 5.41) is 23.9. The van der Waals surface area contributed by atoms with Crippen molar-refractivity contribution in [1.82, 2.24) is 0 Å². The van der Waals surface area contributed by atoms with Crippen LogP contribution in [0.5, 0.6) is 5.75 Å². The van der Waals surface area contributed by atoms with E-state index in [0.29, 0.717) is 37.5 Å². The molecule has 0 spiro atoms. The van der Waals surface area contributed by atoms with E-state index in [0.717, 1.165) is 44.1 Å². The van der Waals surface area contributed by atoms with Gasteiger partial charge >= 0.3 is 36.7 Å².